The van der Waals surface area contributed by atoms with Gasteiger partial charge in [-0.2, -0.15) is 0 Å². The minimum Gasteiger partial charge on any atom is -0.392 e. The van der Waals surface area contributed by atoms with E-state index in [2.05, 4.69) is 33.6 Å². The number of likely N-dealkylation sites (N-methyl/N-ethyl adjacent to an activating group) is 1. The van der Waals surface area contributed by atoms with Gasteiger partial charge in [0, 0.05) is 54.6 Å². The lowest BCUT2D eigenvalue weighted by molar-refractivity contribution is -0.252. The monoisotopic (exact) mass is 610 g/mol. The van der Waals surface area contributed by atoms with Gasteiger partial charge in [-0.05, 0) is 98.7 Å². The molecule has 8 rings (SSSR count). The molecule has 0 unspecified atom stereocenters. The third-order valence-corrected chi connectivity index (χ3v) is 10.5. The molecule has 4 saturated carbocycles. The molecule has 8 nitrogen and oxygen atoms in total. The first-order valence-electron chi connectivity index (χ1n) is 16.7. The van der Waals surface area contributed by atoms with Gasteiger partial charge in [0.2, 0.25) is 0 Å². The molecule has 238 valence electrons. The molecule has 2 amide bonds. The average molecular weight is 611 g/mol. The zero-order valence-corrected chi connectivity index (χ0v) is 26.2. The topological polar surface area (TPSA) is 96.0 Å². The highest BCUT2D eigenvalue weighted by molar-refractivity contribution is 5.89. The number of nitrogens with zero attached hydrogens (tertiary/aromatic N) is 2. The van der Waals surface area contributed by atoms with Gasteiger partial charge in [0.05, 0.1) is 18.8 Å². The Morgan fingerprint density at radius 2 is 1.60 bits per heavy atom. The van der Waals surface area contributed by atoms with E-state index in [0.29, 0.717) is 0 Å². The summed E-state index contributed by atoms with van der Waals surface area (Å²) in [4.78, 5) is 19.9. The Bertz CT molecular complexity index is 1400. The molecule has 2 heterocycles. The number of benzene rings is 2. The Morgan fingerprint density at radius 3 is 2.24 bits per heavy atom. The lowest BCUT2D eigenvalue weighted by atomic mass is 9.53. The summed E-state index contributed by atoms with van der Waals surface area (Å²) in [5.41, 5.74) is 4.69. The number of carbonyl (C=O) groups is 1. The molecule has 45 heavy (non-hydrogen) atoms. The van der Waals surface area contributed by atoms with Crippen molar-refractivity contribution in [3.63, 3.8) is 0 Å². The van der Waals surface area contributed by atoms with Gasteiger partial charge in [0.25, 0.3) is 0 Å². The molecule has 0 spiro atoms. The van der Waals surface area contributed by atoms with Crippen LogP contribution in [0.5, 0.6) is 0 Å². The van der Waals surface area contributed by atoms with E-state index in [0.717, 1.165) is 91.0 Å². The van der Waals surface area contributed by atoms with E-state index in [1.807, 2.05) is 66.9 Å². The maximum Gasteiger partial charge on any atom is 0.319 e. The number of amides is 2. The Kier molecular flexibility index (Phi) is 8.91. The van der Waals surface area contributed by atoms with Gasteiger partial charge in [-0.25, -0.2) is 4.79 Å². The summed E-state index contributed by atoms with van der Waals surface area (Å²) < 4.78 is 13.1. The summed E-state index contributed by atoms with van der Waals surface area (Å²) in [6.07, 6.45) is 10.2. The molecule has 0 radical (unpaired) electrons. The molecule has 3 aromatic rings. The Hall–Kier alpha value is -3.30. The van der Waals surface area contributed by atoms with E-state index in [1.165, 1.54) is 19.3 Å². The highest BCUT2D eigenvalue weighted by atomic mass is 16.7. The summed E-state index contributed by atoms with van der Waals surface area (Å²) >= 11 is 0. The first-order valence-corrected chi connectivity index (χ1v) is 16.7. The molecule has 3 N–H and O–H groups in total. The molecule has 1 aliphatic heterocycles. The van der Waals surface area contributed by atoms with Gasteiger partial charge < -0.3 is 30.1 Å². The zero-order valence-electron chi connectivity index (χ0n) is 26.2. The molecule has 1 saturated heterocycles. The van der Waals surface area contributed by atoms with Crippen molar-refractivity contribution < 1.29 is 19.4 Å². The number of aliphatic hydroxyl groups is 1. The van der Waals surface area contributed by atoms with E-state index in [1.54, 1.807) is 0 Å². The van der Waals surface area contributed by atoms with Gasteiger partial charge >= 0.3 is 6.03 Å². The predicted molar refractivity (Wildman–Crippen MR) is 173 cm³/mol. The molecule has 5 aliphatic rings. The molecular weight excluding hydrogens is 564 g/mol. The smallest absolute Gasteiger partial charge is 0.319 e. The Morgan fingerprint density at radius 1 is 0.911 bits per heavy atom. The van der Waals surface area contributed by atoms with Crippen molar-refractivity contribution in [3.05, 3.63) is 95.3 Å². The van der Waals surface area contributed by atoms with Crippen molar-refractivity contribution in [2.75, 3.05) is 25.5 Å². The average Bonchev–Trinajstić information content (AvgIpc) is 3.03. The fraction of sp³-hybridized carbons (Fsp3) is 0.514. The van der Waals surface area contributed by atoms with Crippen LogP contribution in [-0.4, -0.2) is 52.8 Å². The zero-order chi connectivity index (χ0) is 30.8. The number of ether oxygens (including phenoxy) is 2. The highest BCUT2D eigenvalue weighted by Crippen LogP contribution is 2.55. The minimum absolute atomic E-state index is 0.0160. The SMILES string of the molecule is CN(CCc1ccccn1)C[C@H]1C[C@@H](c2ccc(CO)cc2)O[C@@H](c2ccc(NC(=O)NC34CC5CC(CC(C5)C3)C4)cc2)O1. The van der Waals surface area contributed by atoms with Gasteiger partial charge in [0.15, 0.2) is 6.29 Å². The first kappa shape index (κ1) is 30.4. The van der Waals surface area contributed by atoms with E-state index in [-0.39, 0.29) is 30.4 Å². The van der Waals surface area contributed by atoms with Crippen LogP contribution >= 0.6 is 0 Å². The number of anilines is 1. The molecule has 1 aromatic heterocycles. The number of urea groups is 1. The van der Waals surface area contributed by atoms with Gasteiger partial charge in [-0.3, -0.25) is 4.98 Å². The number of nitrogens with one attached hydrogen (secondary N) is 2. The van der Waals surface area contributed by atoms with Crippen LogP contribution in [0.1, 0.15) is 79.7 Å². The first-order chi connectivity index (χ1) is 21.9. The molecular formula is C37H46N4O4. The number of hydrogen-bond donors (Lipinski definition) is 3. The van der Waals surface area contributed by atoms with E-state index >= 15 is 0 Å². The molecule has 3 atom stereocenters. The Balaban J connectivity index is 1.00. The second-order valence-corrected chi connectivity index (χ2v) is 14.1. The molecule has 2 aromatic carbocycles. The lowest BCUT2D eigenvalue weighted by Crippen LogP contribution is -2.60. The second-order valence-electron chi connectivity index (χ2n) is 14.1. The van der Waals surface area contributed by atoms with Crippen LogP contribution < -0.4 is 10.6 Å². The van der Waals surface area contributed by atoms with E-state index in [9.17, 15) is 9.90 Å². The van der Waals surface area contributed by atoms with Gasteiger partial charge in [-0.1, -0.05) is 42.5 Å². The van der Waals surface area contributed by atoms with Crippen LogP contribution in [-0.2, 0) is 22.5 Å². The fourth-order valence-corrected chi connectivity index (χ4v) is 8.71. The molecule has 8 heteroatoms. The van der Waals surface area contributed by atoms with Crippen molar-refractivity contribution in [3.8, 4) is 0 Å². The van der Waals surface area contributed by atoms with Crippen LogP contribution in [0.2, 0.25) is 0 Å². The summed E-state index contributed by atoms with van der Waals surface area (Å²) in [5, 5.41) is 16.0. The van der Waals surface area contributed by atoms with Crippen molar-refractivity contribution >= 4 is 11.7 Å². The second kappa shape index (κ2) is 13.2. The van der Waals surface area contributed by atoms with Crippen LogP contribution in [0.4, 0.5) is 10.5 Å². The Labute approximate surface area is 266 Å². The summed E-state index contributed by atoms with van der Waals surface area (Å²) in [6, 6.07) is 21.8. The number of pyridine rings is 1. The van der Waals surface area contributed by atoms with E-state index < -0.39 is 6.29 Å². The van der Waals surface area contributed by atoms with Gasteiger partial charge in [-0.15, -0.1) is 0 Å². The van der Waals surface area contributed by atoms with E-state index in [4.69, 9.17) is 9.47 Å². The maximum atomic E-state index is 13.1. The van der Waals surface area contributed by atoms with Crippen molar-refractivity contribution in [2.24, 2.45) is 17.8 Å². The lowest BCUT2D eigenvalue weighted by Gasteiger charge is -2.56. The number of aliphatic hydroxyl groups excluding tert-OH is 1. The fourth-order valence-electron chi connectivity index (χ4n) is 8.71. The predicted octanol–water partition coefficient (Wildman–Crippen LogP) is 6.38. The van der Waals surface area contributed by atoms with Crippen molar-refractivity contribution in [1.29, 1.82) is 0 Å². The quantitative estimate of drug-likeness (QED) is 0.247. The normalized spacial score (nSPS) is 30.4. The largest absolute Gasteiger partial charge is 0.392 e. The summed E-state index contributed by atoms with van der Waals surface area (Å²) in [5.74, 6) is 2.35. The van der Waals surface area contributed by atoms with Gasteiger partial charge in [0.1, 0.15) is 0 Å². The molecule has 4 bridgehead atoms. The minimum atomic E-state index is -0.537. The van der Waals surface area contributed by atoms with Crippen LogP contribution in [0, 0.1) is 17.8 Å². The molecule has 4 aliphatic carbocycles. The molecule has 5 fully saturated rings. The van der Waals surface area contributed by atoms with Crippen molar-refractivity contribution in [1.82, 2.24) is 15.2 Å². The number of hydrogen-bond acceptors (Lipinski definition) is 6. The third-order valence-electron chi connectivity index (χ3n) is 10.5. The van der Waals surface area contributed by atoms with Crippen molar-refractivity contribution in [2.45, 2.75) is 82.0 Å². The maximum absolute atomic E-state index is 13.1. The summed E-state index contributed by atoms with van der Waals surface area (Å²) in [7, 11) is 2.12. The number of aromatic nitrogens is 1. The van der Waals surface area contributed by atoms with Crippen LogP contribution in [0.15, 0.2) is 72.9 Å². The van der Waals surface area contributed by atoms with Crippen LogP contribution in [0.3, 0.4) is 0 Å². The highest BCUT2D eigenvalue weighted by Gasteiger charge is 2.51. The number of carbonyl (C=O) groups excluding carboxylic acids is 1. The van der Waals surface area contributed by atoms with Crippen LogP contribution in [0.25, 0.3) is 0 Å². The number of rotatable bonds is 10. The standard InChI is InChI=1S/C37H46N4O4/c1-41(15-13-31-4-2-3-14-38-31)23-33-19-34(29-7-5-25(24-42)6-8-29)45-35(44-33)30-9-11-32(12-10-30)39-36(43)40-37-20-26-16-27(21-37)18-28(17-26)22-37/h2-12,14,26-28,33-35,42H,13,15-24H2,1H3,(H2,39,40,43)/t26?,27?,28?,33-,34+,35+,37?/m1/s1. The summed E-state index contributed by atoms with van der Waals surface area (Å²) in [6.45, 7) is 1.66. The third kappa shape index (κ3) is 7.25.